The van der Waals surface area contributed by atoms with Crippen LogP contribution in [-0.4, -0.2) is 34.2 Å². The lowest BCUT2D eigenvalue weighted by atomic mass is 10.2. The molecule has 0 spiro atoms. The lowest BCUT2D eigenvalue weighted by Gasteiger charge is -2.18. The molecule has 0 unspecified atom stereocenters. The van der Waals surface area contributed by atoms with Gasteiger partial charge in [0.2, 0.25) is 10.0 Å². The summed E-state index contributed by atoms with van der Waals surface area (Å²) in [6.45, 7) is 0.315. The van der Waals surface area contributed by atoms with Crippen molar-refractivity contribution in [3.63, 3.8) is 0 Å². The molecular weight excluding hydrogens is 412 g/mol. The number of halogens is 1. The van der Waals surface area contributed by atoms with E-state index in [-0.39, 0.29) is 17.2 Å². The Balaban J connectivity index is 1.83. The van der Waals surface area contributed by atoms with E-state index in [0.29, 0.717) is 29.2 Å². The van der Waals surface area contributed by atoms with Crippen LogP contribution in [0.4, 0.5) is 11.4 Å². The largest absolute Gasteiger partial charge is 0.506 e. The molecule has 27 heavy (non-hydrogen) atoms. The Bertz CT molecular complexity index is 1080. The molecule has 0 saturated carbocycles. The van der Waals surface area contributed by atoms with Crippen LogP contribution in [0.3, 0.4) is 0 Å². The first-order chi connectivity index (χ1) is 12.7. The van der Waals surface area contributed by atoms with Gasteiger partial charge in [0.25, 0.3) is 10.0 Å². The molecular formula is C17H17ClN2O5S2. The fourth-order valence-corrected chi connectivity index (χ4v) is 5.18. The predicted octanol–water partition coefficient (Wildman–Crippen LogP) is 3.00. The summed E-state index contributed by atoms with van der Waals surface area (Å²) < 4.78 is 52.1. The van der Waals surface area contributed by atoms with Gasteiger partial charge in [-0.2, -0.15) is 0 Å². The average Bonchev–Trinajstić information content (AvgIpc) is 2.95. The van der Waals surface area contributed by atoms with Gasteiger partial charge in [-0.05, 0) is 48.4 Å². The number of anilines is 2. The normalized spacial score (nSPS) is 16.7. The number of sulfonamides is 2. The molecule has 7 nitrogen and oxygen atoms in total. The molecule has 0 aliphatic carbocycles. The van der Waals surface area contributed by atoms with Gasteiger partial charge in [-0.25, -0.2) is 16.8 Å². The number of nitrogens with zero attached hydrogens (tertiary/aromatic N) is 1. The number of benzene rings is 2. The van der Waals surface area contributed by atoms with Crippen LogP contribution in [0.5, 0.6) is 5.75 Å². The summed E-state index contributed by atoms with van der Waals surface area (Å²) in [6, 6.07) is 10.6. The van der Waals surface area contributed by atoms with Crippen LogP contribution in [0, 0.1) is 0 Å². The third-order valence-corrected chi connectivity index (χ3v) is 7.05. The second kappa shape index (κ2) is 7.41. The van der Waals surface area contributed by atoms with Crippen molar-refractivity contribution >= 4 is 49.1 Å². The van der Waals surface area contributed by atoms with E-state index in [2.05, 4.69) is 4.72 Å². The first-order valence-corrected chi connectivity index (χ1v) is 11.5. The van der Waals surface area contributed by atoms with Gasteiger partial charge in [-0.1, -0.05) is 23.7 Å². The summed E-state index contributed by atoms with van der Waals surface area (Å²) in [4.78, 5) is 0. The number of phenols is 1. The molecule has 1 aliphatic rings. The Hall–Kier alpha value is -2.23. The monoisotopic (exact) mass is 428 g/mol. The zero-order valence-electron chi connectivity index (χ0n) is 14.0. The fourth-order valence-electron chi connectivity index (χ4n) is 2.62. The molecule has 2 aromatic rings. The highest BCUT2D eigenvalue weighted by molar-refractivity contribution is 7.95. The molecule has 1 saturated heterocycles. The van der Waals surface area contributed by atoms with Crippen LogP contribution < -0.4 is 9.03 Å². The van der Waals surface area contributed by atoms with Gasteiger partial charge in [0.15, 0.2) is 0 Å². The number of hydrogen-bond acceptors (Lipinski definition) is 5. The van der Waals surface area contributed by atoms with Crippen molar-refractivity contribution in [1.29, 1.82) is 0 Å². The van der Waals surface area contributed by atoms with Crippen molar-refractivity contribution in [3.05, 3.63) is 58.5 Å². The third-order valence-electron chi connectivity index (χ3n) is 3.93. The lowest BCUT2D eigenvalue weighted by Crippen LogP contribution is -2.25. The summed E-state index contributed by atoms with van der Waals surface area (Å²) in [5.41, 5.74) is 0.825. The average molecular weight is 429 g/mol. The molecule has 0 aromatic heterocycles. The minimum atomic E-state index is -3.93. The maximum Gasteiger partial charge on any atom is 0.255 e. The summed E-state index contributed by atoms with van der Waals surface area (Å²) in [5.74, 6) is -0.266. The second-order valence-electron chi connectivity index (χ2n) is 5.94. The standard InChI is InChI=1S/C17H17ClN2O5S2/c18-14-4-2-13(3-5-14)8-11-26(22,23)19-16-12-15(6-7-17(16)21)20-9-1-10-27(20,24)25/h2-8,11-12,19,21H,1,9-10H2. The van der Waals surface area contributed by atoms with Gasteiger partial charge in [0, 0.05) is 11.6 Å². The van der Waals surface area contributed by atoms with E-state index in [1.54, 1.807) is 24.3 Å². The Labute approximate surface area is 163 Å². The van der Waals surface area contributed by atoms with Crippen LogP contribution in [0.2, 0.25) is 5.02 Å². The van der Waals surface area contributed by atoms with Crippen LogP contribution in [0.1, 0.15) is 12.0 Å². The molecule has 144 valence electrons. The maximum absolute atomic E-state index is 12.3. The number of rotatable bonds is 5. The maximum atomic E-state index is 12.3. The highest BCUT2D eigenvalue weighted by atomic mass is 35.5. The van der Waals surface area contributed by atoms with Crippen molar-refractivity contribution < 1.29 is 21.9 Å². The summed E-state index contributed by atoms with van der Waals surface area (Å²) in [6.07, 6.45) is 1.87. The molecule has 2 aromatic carbocycles. The van der Waals surface area contributed by atoms with Crippen molar-refractivity contribution in [1.82, 2.24) is 0 Å². The Kier molecular flexibility index (Phi) is 5.36. The molecule has 0 amide bonds. The SMILES string of the molecule is O=S(=O)(C=Cc1ccc(Cl)cc1)Nc1cc(N2CCCS2(=O)=O)ccc1O. The summed E-state index contributed by atoms with van der Waals surface area (Å²) in [7, 11) is -7.34. The Morgan fingerprint density at radius 1 is 1.15 bits per heavy atom. The molecule has 3 rings (SSSR count). The molecule has 0 radical (unpaired) electrons. The Morgan fingerprint density at radius 3 is 2.48 bits per heavy atom. The third kappa shape index (κ3) is 4.74. The highest BCUT2D eigenvalue weighted by Gasteiger charge is 2.29. The molecule has 1 fully saturated rings. The first-order valence-electron chi connectivity index (χ1n) is 7.96. The molecule has 0 atom stereocenters. The Morgan fingerprint density at radius 2 is 1.85 bits per heavy atom. The molecule has 1 heterocycles. The van der Waals surface area contributed by atoms with Gasteiger partial charge in [0.05, 0.1) is 22.5 Å². The van der Waals surface area contributed by atoms with Crippen molar-refractivity contribution in [2.75, 3.05) is 21.3 Å². The highest BCUT2D eigenvalue weighted by Crippen LogP contribution is 2.32. The smallest absolute Gasteiger partial charge is 0.255 e. The summed E-state index contributed by atoms with van der Waals surface area (Å²) >= 11 is 5.79. The van der Waals surface area contributed by atoms with Crippen LogP contribution >= 0.6 is 11.6 Å². The molecule has 10 heteroatoms. The molecule has 0 bridgehead atoms. The predicted molar refractivity (Wildman–Crippen MR) is 107 cm³/mol. The number of hydrogen-bond donors (Lipinski definition) is 2. The zero-order valence-corrected chi connectivity index (χ0v) is 16.4. The van der Waals surface area contributed by atoms with Gasteiger partial charge < -0.3 is 5.11 Å². The van der Waals surface area contributed by atoms with Crippen LogP contribution in [0.25, 0.3) is 6.08 Å². The van der Waals surface area contributed by atoms with E-state index in [1.165, 1.54) is 28.6 Å². The van der Waals surface area contributed by atoms with E-state index >= 15 is 0 Å². The van der Waals surface area contributed by atoms with Gasteiger partial charge in [-0.3, -0.25) is 9.03 Å². The first kappa shape index (κ1) is 19.5. The van der Waals surface area contributed by atoms with Crippen LogP contribution in [-0.2, 0) is 20.0 Å². The molecule has 1 aliphatic heterocycles. The van der Waals surface area contributed by atoms with Gasteiger partial charge in [-0.15, -0.1) is 0 Å². The number of phenolic OH excluding ortho intramolecular Hbond substituents is 1. The van der Waals surface area contributed by atoms with E-state index in [1.807, 2.05) is 0 Å². The topological polar surface area (TPSA) is 104 Å². The quantitative estimate of drug-likeness (QED) is 0.712. The van der Waals surface area contributed by atoms with Gasteiger partial charge in [0.1, 0.15) is 5.75 Å². The van der Waals surface area contributed by atoms with E-state index < -0.39 is 20.0 Å². The minimum absolute atomic E-state index is 0.0404. The number of nitrogens with one attached hydrogen (secondary N) is 1. The van der Waals surface area contributed by atoms with Crippen molar-refractivity contribution in [3.8, 4) is 5.75 Å². The van der Waals surface area contributed by atoms with Crippen molar-refractivity contribution in [2.45, 2.75) is 6.42 Å². The fraction of sp³-hybridized carbons (Fsp3) is 0.176. The lowest BCUT2D eigenvalue weighted by molar-refractivity contribution is 0.477. The van der Waals surface area contributed by atoms with Crippen LogP contribution in [0.15, 0.2) is 47.9 Å². The van der Waals surface area contributed by atoms with Crippen molar-refractivity contribution in [2.24, 2.45) is 0 Å². The molecule has 2 N–H and O–H groups in total. The minimum Gasteiger partial charge on any atom is -0.506 e. The van der Waals surface area contributed by atoms with E-state index in [0.717, 1.165) is 5.41 Å². The zero-order chi connectivity index (χ0) is 19.7. The van der Waals surface area contributed by atoms with E-state index in [4.69, 9.17) is 11.6 Å². The van der Waals surface area contributed by atoms with E-state index in [9.17, 15) is 21.9 Å². The number of aromatic hydroxyl groups is 1. The summed E-state index contributed by atoms with van der Waals surface area (Å²) in [5, 5.41) is 11.4. The second-order valence-corrected chi connectivity index (χ2v) is 9.96. The van der Waals surface area contributed by atoms with Gasteiger partial charge >= 0.3 is 0 Å².